The van der Waals surface area contributed by atoms with Gasteiger partial charge >= 0.3 is 6.09 Å². The third-order valence-corrected chi connectivity index (χ3v) is 5.84. The molecule has 1 amide bonds. The Morgan fingerprint density at radius 2 is 1.49 bits per heavy atom. The number of carbonyl (C=O) groups excluding carboxylic acids is 1. The van der Waals surface area contributed by atoms with E-state index in [1.54, 1.807) is 4.90 Å². The molecule has 0 spiro atoms. The second kappa shape index (κ2) is 14.1. The van der Waals surface area contributed by atoms with Crippen LogP contribution in [0.3, 0.4) is 0 Å². The lowest BCUT2D eigenvalue weighted by Crippen LogP contribution is -2.36. The van der Waals surface area contributed by atoms with E-state index in [-0.39, 0.29) is 6.09 Å². The van der Waals surface area contributed by atoms with Gasteiger partial charge < -0.3 is 19.3 Å². The van der Waals surface area contributed by atoms with Gasteiger partial charge in [-0.25, -0.2) is 9.78 Å². The normalized spacial score (nSPS) is 14.9. The maximum Gasteiger partial charge on any atom is 0.410 e. The van der Waals surface area contributed by atoms with Gasteiger partial charge in [-0.3, -0.25) is 0 Å². The van der Waals surface area contributed by atoms with Crippen molar-refractivity contribution in [2.45, 2.75) is 33.7 Å². The SMILES string of the molecule is CC.CCc1ccccc1.O=C1OCCN1Cc1ccc(-c2ccc(N3CCOCC3)nc2)cc1. The van der Waals surface area contributed by atoms with Gasteiger partial charge in [0, 0.05) is 31.4 Å². The van der Waals surface area contributed by atoms with Gasteiger partial charge in [-0.05, 0) is 35.2 Å². The molecule has 0 atom stereocenters. The Bertz CT molecular complexity index is 1000. The number of cyclic esters (lactones) is 1. The van der Waals surface area contributed by atoms with Crippen LogP contribution in [0.4, 0.5) is 10.6 Å². The number of anilines is 1. The fraction of sp³-hybridized carbons (Fsp3) is 0.379. The Labute approximate surface area is 209 Å². The number of hydrogen-bond donors (Lipinski definition) is 0. The molecule has 2 aliphatic rings. The van der Waals surface area contributed by atoms with E-state index in [0.29, 0.717) is 19.7 Å². The molecule has 2 fully saturated rings. The minimum atomic E-state index is -0.230. The number of benzene rings is 2. The highest BCUT2D eigenvalue weighted by molar-refractivity contribution is 5.69. The Kier molecular flexibility index (Phi) is 10.6. The van der Waals surface area contributed by atoms with Crippen LogP contribution in [0, 0.1) is 0 Å². The van der Waals surface area contributed by atoms with E-state index in [2.05, 4.69) is 77.5 Å². The molecule has 0 saturated carbocycles. The van der Waals surface area contributed by atoms with Crippen LogP contribution in [-0.2, 0) is 22.4 Å². The lowest BCUT2D eigenvalue weighted by atomic mass is 10.1. The average Bonchev–Trinajstić information content (AvgIpc) is 3.35. The summed E-state index contributed by atoms with van der Waals surface area (Å²) in [6.45, 7) is 11.2. The summed E-state index contributed by atoms with van der Waals surface area (Å²) in [6.07, 6.45) is 2.82. The fourth-order valence-electron chi connectivity index (χ4n) is 3.84. The van der Waals surface area contributed by atoms with Crippen molar-refractivity contribution in [2.75, 3.05) is 44.4 Å². The van der Waals surface area contributed by atoms with Gasteiger partial charge in [-0.2, -0.15) is 0 Å². The van der Waals surface area contributed by atoms with Crippen LogP contribution in [-0.4, -0.2) is 55.4 Å². The second-order valence-electron chi connectivity index (χ2n) is 8.08. The molecular formula is C29H37N3O3. The number of hydrogen-bond acceptors (Lipinski definition) is 5. The Morgan fingerprint density at radius 3 is 2.03 bits per heavy atom. The van der Waals surface area contributed by atoms with Crippen LogP contribution < -0.4 is 4.90 Å². The van der Waals surface area contributed by atoms with E-state index < -0.39 is 0 Å². The minimum absolute atomic E-state index is 0.230. The number of rotatable bonds is 5. The van der Waals surface area contributed by atoms with E-state index in [9.17, 15) is 4.79 Å². The number of aromatic nitrogens is 1. The van der Waals surface area contributed by atoms with Crippen LogP contribution in [0.1, 0.15) is 31.9 Å². The highest BCUT2D eigenvalue weighted by Gasteiger charge is 2.21. The van der Waals surface area contributed by atoms with Gasteiger partial charge in [0.25, 0.3) is 0 Å². The first-order valence-electron chi connectivity index (χ1n) is 12.6. The van der Waals surface area contributed by atoms with E-state index in [4.69, 9.17) is 9.47 Å². The predicted octanol–water partition coefficient (Wildman–Crippen LogP) is 5.81. The van der Waals surface area contributed by atoms with Crippen LogP contribution >= 0.6 is 0 Å². The highest BCUT2D eigenvalue weighted by Crippen LogP contribution is 2.22. The van der Waals surface area contributed by atoms with Crippen molar-refractivity contribution in [1.29, 1.82) is 0 Å². The van der Waals surface area contributed by atoms with Crippen LogP contribution in [0.2, 0.25) is 0 Å². The molecule has 6 heteroatoms. The molecule has 35 heavy (non-hydrogen) atoms. The van der Waals surface area contributed by atoms with Gasteiger partial charge in [0.2, 0.25) is 0 Å². The molecular weight excluding hydrogens is 438 g/mol. The number of aryl methyl sites for hydroxylation is 1. The molecule has 0 aliphatic carbocycles. The molecule has 0 N–H and O–H groups in total. The van der Waals surface area contributed by atoms with Crippen molar-refractivity contribution in [2.24, 2.45) is 0 Å². The molecule has 0 bridgehead atoms. The second-order valence-corrected chi connectivity index (χ2v) is 8.08. The summed E-state index contributed by atoms with van der Waals surface area (Å²) in [4.78, 5) is 20.1. The van der Waals surface area contributed by atoms with E-state index in [1.165, 1.54) is 5.56 Å². The molecule has 6 nitrogen and oxygen atoms in total. The highest BCUT2D eigenvalue weighted by atomic mass is 16.6. The predicted molar refractivity (Wildman–Crippen MR) is 142 cm³/mol. The Hall–Kier alpha value is -3.38. The maximum atomic E-state index is 11.5. The summed E-state index contributed by atoms with van der Waals surface area (Å²) in [6, 6.07) is 22.9. The first kappa shape index (κ1) is 26.2. The molecule has 2 aromatic carbocycles. The van der Waals surface area contributed by atoms with Gasteiger partial charge in [0.15, 0.2) is 0 Å². The molecule has 0 unspecified atom stereocenters. The molecule has 3 heterocycles. The van der Waals surface area contributed by atoms with Gasteiger partial charge in [-0.1, -0.05) is 75.4 Å². The van der Waals surface area contributed by atoms with E-state index >= 15 is 0 Å². The van der Waals surface area contributed by atoms with E-state index in [1.807, 2.05) is 26.1 Å². The molecule has 2 saturated heterocycles. The first-order chi connectivity index (χ1) is 17.2. The fourth-order valence-corrected chi connectivity index (χ4v) is 3.84. The number of morpholine rings is 1. The molecule has 3 aromatic rings. The largest absolute Gasteiger partial charge is 0.448 e. The monoisotopic (exact) mass is 475 g/mol. The topological polar surface area (TPSA) is 54.9 Å². The first-order valence-corrected chi connectivity index (χ1v) is 12.6. The van der Waals surface area contributed by atoms with Crippen molar-refractivity contribution in [3.63, 3.8) is 0 Å². The van der Waals surface area contributed by atoms with Gasteiger partial charge in [-0.15, -0.1) is 0 Å². The molecule has 5 rings (SSSR count). The van der Waals surface area contributed by atoms with E-state index in [0.717, 1.165) is 55.2 Å². The zero-order valence-electron chi connectivity index (χ0n) is 21.2. The van der Waals surface area contributed by atoms with Crippen LogP contribution in [0.5, 0.6) is 0 Å². The zero-order chi connectivity index (χ0) is 24.9. The summed E-state index contributed by atoms with van der Waals surface area (Å²) < 4.78 is 10.3. The number of carbonyl (C=O) groups is 1. The lowest BCUT2D eigenvalue weighted by molar-refractivity contribution is 0.122. The number of pyridine rings is 1. The summed E-state index contributed by atoms with van der Waals surface area (Å²) in [5, 5.41) is 0. The van der Waals surface area contributed by atoms with Crippen molar-refractivity contribution in [1.82, 2.24) is 9.88 Å². The molecule has 2 aliphatic heterocycles. The Morgan fingerprint density at radius 1 is 0.800 bits per heavy atom. The third-order valence-electron chi connectivity index (χ3n) is 5.84. The maximum absolute atomic E-state index is 11.5. The summed E-state index contributed by atoms with van der Waals surface area (Å²) in [5.41, 5.74) is 4.71. The Balaban J connectivity index is 0.000000289. The molecule has 0 radical (unpaired) electrons. The van der Waals surface area contributed by atoms with Crippen molar-refractivity contribution < 1.29 is 14.3 Å². The lowest BCUT2D eigenvalue weighted by Gasteiger charge is -2.27. The summed E-state index contributed by atoms with van der Waals surface area (Å²) in [7, 11) is 0. The van der Waals surface area contributed by atoms with Crippen LogP contribution in [0.15, 0.2) is 72.9 Å². The average molecular weight is 476 g/mol. The van der Waals surface area contributed by atoms with Gasteiger partial charge in [0.05, 0.1) is 19.8 Å². The van der Waals surface area contributed by atoms with Crippen LogP contribution in [0.25, 0.3) is 11.1 Å². The summed E-state index contributed by atoms with van der Waals surface area (Å²) in [5.74, 6) is 0.996. The number of nitrogens with zero attached hydrogens (tertiary/aromatic N) is 3. The summed E-state index contributed by atoms with van der Waals surface area (Å²) >= 11 is 0. The van der Waals surface area contributed by atoms with Gasteiger partial charge in [0.1, 0.15) is 12.4 Å². The third kappa shape index (κ3) is 7.82. The van der Waals surface area contributed by atoms with Crippen molar-refractivity contribution >= 4 is 11.9 Å². The zero-order valence-corrected chi connectivity index (χ0v) is 21.2. The molecule has 186 valence electrons. The molecule has 1 aromatic heterocycles. The van der Waals surface area contributed by atoms with Crippen molar-refractivity contribution in [3.8, 4) is 11.1 Å². The smallest absolute Gasteiger partial charge is 0.410 e. The minimum Gasteiger partial charge on any atom is -0.448 e. The number of ether oxygens (including phenoxy) is 2. The standard InChI is InChI=1S/C19H21N3O3.C8H10.C2H6/c23-19-22(9-12-25-19)14-15-1-3-16(4-2-15)17-5-6-18(20-13-17)21-7-10-24-11-8-21;1-2-8-6-4-3-5-7-8;1-2/h1-6,13H,7-12,14H2;3-7H,2H2,1H3;1-2H3. The van der Waals surface area contributed by atoms with Crippen molar-refractivity contribution in [3.05, 3.63) is 84.1 Å². The number of amides is 1. The quantitative estimate of drug-likeness (QED) is 0.466.